The summed E-state index contributed by atoms with van der Waals surface area (Å²) in [6.45, 7) is 2.92. The van der Waals surface area contributed by atoms with Crippen LogP contribution in [0, 0.1) is 0 Å². The van der Waals surface area contributed by atoms with Crippen LogP contribution in [-0.2, 0) is 23.8 Å². The predicted molar refractivity (Wildman–Crippen MR) is 78.1 cm³/mol. The summed E-state index contributed by atoms with van der Waals surface area (Å²) in [7, 11) is 1.23. The lowest BCUT2D eigenvalue weighted by molar-refractivity contribution is -0.162. The van der Waals surface area contributed by atoms with Gasteiger partial charge in [0.2, 0.25) is 5.60 Å². The third-order valence-corrected chi connectivity index (χ3v) is 3.05. The summed E-state index contributed by atoms with van der Waals surface area (Å²) in [4.78, 5) is 34.7. The molecule has 6 nitrogen and oxygen atoms in total. The van der Waals surface area contributed by atoms with Crippen LogP contribution in [0.3, 0.4) is 0 Å². The summed E-state index contributed by atoms with van der Waals surface area (Å²) in [6.07, 6.45) is 0.554. The summed E-state index contributed by atoms with van der Waals surface area (Å²) in [5.41, 5.74) is -1.08. The first-order valence-corrected chi connectivity index (χ1v) is 6.89. The first kappa shape index (κ1) is 17.7. The Morgan fingerprint density at radius 2 is 1.77 bits per heavy atom. The van der Waals surface area contributed by atoms with E-state index in [1.54, 1.807) is 30.3 Å². The Balaban J connectivity index is 2.72. The van der Waals surface area contributed by atoms with Crippen LogP contribution in [0.2, 0.25) is 0 Å². The van der Waals surface area contributed by atoms with E-state index in [4.69, 9.17) is 14.2 Å². The maximum absolute atomic E-state index is 12.1. The Morgan fingerprint density at radius 1 is 1.14 bits per heavy atom. The molecule has 0 heterocycles. The van der Waals surface area contributed by atoms with E-state index in [-0.39, 0.29) is 13.0 Å². The summed E-state index contributed by atoms with van der Waals surface area (Å²) in [6, 6.07) is 8.37. The minimum atomic E-state index is -1.43. The van der Waals surface area contributed by atoms with Gasteiger partial charge in [0.25, 0.3) is 0 Å². The van der Waals surface area contributed by atoms with Crippen molar-refractivity contribution in [3.05, 3.63) is 35.9 Å². The van der Waals surface area contributed by atoms with Crippen molar-refractivity contribution in [2.24, 2.45) is 0 Å². The Bertz CT molecular complexity index is 525. The lowest BCUT2D eigenvalue weighted by Crippen LogP contribution is -2.41. The monoisotopic (exact) mass is 308 g/mol. The predicted octanol–water partition coefficient (Wildman–Crippen LogP) is 2.12. The van der Waals surface area contributed by atoms with Gasteiger partial charge in [-0.2, -0.15) is 0 Å². The van der Waals surface area contributed by atoms with Gasteiger partial charge >= 0.3 is 17.9 Å². The first-order valence-electron chi connectivity index (χ1n) is 6.89. The van der Waals surface area contributed by atoms with Gasteiger partial charge in [0.15, 0.2) is 0 Å². The molecule has 0 aromatic heterocycles. The second kappa shape index (κ2) is 8.17. The summed E-state index contributed by atoms with van der Waals surface area (Å²) in [5, 5.41) is 0. The maximum Gasteiger partial charge on any atom is 0.350 e. The molecule has 1 atom stereocenters. The minimum absolute atomic E-state index is 0.144. The van der Waals surface area contributed by atoms with Crippen molar-refractivity contribution in [1.29, 1.82) is 0 Å². The zero-order valence-corrected chi connectivity index (χ0v) is 13.0. The standard InChI is InChI=1S/C16H20O6/c1-12(17)21-11-7-10-16(2,15(19)20-3)22-14(18)13-8-5-4-6-9-13/h4-6,8-9H,7,10-11H2,1-3H3. The minimum Gasteiger partial charge on any atom is -0.466 e. The number of carbonyl (C=O) groups is 3. The number of esters is 3. The van der Waals surface area contributed by atoms with Crippen LogP contribution in [0.25, 0.3) is 0 Å². The lowest BCUT2D eigenvalue weighted by Gasteiger charge is -2.26. The fourth-order valence-electron chi connectivity index (χ4n) is 1.87. The van der Waals surface area contributed by atoms with E-state index in [9.17, 15) is 14.4 Å². The highest BCUT2D eigenvalue weighted by molar-refractivity contribution is 5.92. The molecule has 0 aliphatic rings. The number of ether oxygens (including phenoxy) is 3. The van der Waals surface area contributed by atoms with E-state index in [1.807, 2.05) is 0 Å². The summed E-state index contributed by atoms with van der Waals surface area (Å²) in [5.74, 6) is -1.67. The van der Waals surface area contributed by atoms with Gasteiger partial charge in [0.05, 0.1) is 19.3 Å². The molecule has 0 aliphatic carbocycles. The Morgan fingerprint density at radius 3 is 2.32 bits per heavy atom. The van der Waals surface area contributed by atoms with Gasteiger partial charge in [-0.3, -0.25) is 4.79 Å². The zero-order valence-electron chi connectivity index (χ0n) is 13.0. The quantitative estimate of drug-likeness (QED) is 0.436. The molecule has 0 saturated heterocycles. The van der Waals surface area contributed by atoms with E-state index in [0.29, 0.717) is 12.0 Å². The normalized spacial score (nSPS) is 12.9. The molecule has 0 N–H and O–H groups in total. The van der Waals surface area contributed by atoms with Gasteiger partial charge in [-0.1, -0.05) is 18.2 Å². The molecule has 0 spiro atoms. The smallest absolute Gasteiger partial charge is 0.350 e. The molecule has 22 heavy (non-hydrogen) atoms. The van der Waals surface area contributed by atoms with Crippen LogP contribution in [0.5, 0.6) is 0 Å². The first-order chi connectivity index (χ1) is 10.4. The van der Waals surface area contributed by atoms with Crippen LogP contribution < -0.4 is 0 Å². The van der Waals surface area contributed by atoms with Crippen molar-refractivity contribution in [2.75, 3.05) is 13.7 Å². The maximum atomic E-state index is 12.1. The van der Waals surface area contributed by atoms with Crippen molar-refractivity contribution in [3.8, 4) is 0 Å². The van der Waals surface area contributed by atoms with Gasteiger partial charge in [-0.15, -0.1) is 0 Å². The molecule has 0 amide bonds. The molecule has 0 radical (unpaired) electrons. The van der Waals surface area contributed by atoms with E-state index in [2.05, 4.69) is 0 Å². The fourth-order valence-corrected chi connectivity index (χ4v) is 1.87. The molecule has 0 fully saturated rings. The Kier molecular flexibility index (Phi) is 6.56. The highest BCUT2D eigenvalue weighted by atomic mass is 16.6. The van der Waals surface area contributed by atoms with Crippen molar-refractivity contribution in [3.63, 3.8) is 0 Å². The SMILES string of the molecule is COC(=O)C(C)(CCCOC(C)=O)OC(=O)c1ccccc1. The van der Waals surface area contributed by atoms with Crippen molar-refractivity contribution >= 4 is 17.9 Å². The van der Waals surface area contributed by atoms with E-state index < -0.39 is 23.5 Å². The number of carbonyl (C=O) groups excluding carboxylic acids is 3. The average molecular weight is 308 g/mol. The van der Waals surface area contributed by atoms with Crippen LogP contribution in [0.1, 0.15) is 37.0 Å². The molecule has 0 aliphatic heterocycles. The molecule has 0 saturated carbocycles. The zero-order chi connectivity index (χ0) is 16.6. The van der Waals surface area contributed by atoms with Crippen LogP contribution >= 0.6 is 0 Å². The van der Waals surface area contributed by atoms with Gasteiger partial charge in [0.1, 0.15) is 0 Å². The number of hydrogen-bond donors (Lipinski definition) is 0. The van der Waals surface area contributed by atoms with Crippen molar-refractivity contribution < 1.29 is 28.6 Å². The third-order valence-electron chi connectivity index (χ3n) is 3.05. The summed E-state index contributed by atoms with van der Waals surface area (Å²) < 4.78 is 14.8. The Hall–Kier alpha value is -2.37. The topological polar surface area (TPSA) is 78.9 Å². The molecule has 0 bridgehead atoms. The lowest BCUT2D eigenvalue weighted by atomic mass is 10.00. The second-order valence-electron chi connectivity index (χ2n) is 4.92. The largest absolute Gasteiger partial charge is 0.466 e. The number of rotatable bonds is 7. The second-order valence-corrected chi connectivity index (χ2v) is 4.92. The van der Waals surface area contributed by atoms with Crippen LogP contribution in [0.4, 0.5) is 0 Å². The number of hydrogen-bond acceptors (Lipinski definition) is 6. The van der Waals surface area contributed by atoms with E-state index in [1.165, 1.54) is 21.0 Å². The third kappa shape index (κ3) is 5.20. The van der Waals surface area contributed by atoms with Gasteiger partial charge < -0.3 is 14.2 Å². The number of methoxy groups -OCH3 is 1. The van der Waals surface area contributed by atoms with E-state index in [0.717, 1.165) is 0 Å². The highest BCUT2D eigenvalue weighted by Crippen LogP contribution is 2.22. The van der Waals surface area contributed by atoms with Gasteiger partial charge in [-0.25, -0.2) is 9.59 Å². The molecule has 1 aromatic carbocycles. The molecular weight excluding hydrogens is 288 g/mol. The van der Waals surface area contributed by atoms with Crippen LogP contribution in [0.15, 0.2) is 30.3 Å². The number of benzene rings is 1. The van der Waals surface area contributed by atoms with Gasteiger partial charge in [-0.05, 0) is 25.5 Å². The highest BCUT2D eigenvalue weighted by Gasteiger charge is 2.38. The molecular formula is C16H20O6. The summed E-state index contributed by atoms with van der Waals surface area (Å²) >= 11 is 0. The molecule has 1 aromatic rings. The average Bonchev–Trinajstić information content (AvgIpc) is 2.51. The van der Waals surface area contributed by atoms with Gasteiger partial charge in [0, 0.05) is 13.3 Å². The van der Waals surface area contributed by atoms with Crippen molar-refractivity contribution in [2.45, 2.75) is 32.3 Å². The fraction of sp³-hybridized carbons (Fsp3) is 0.438. The molecule has 1 rings (SSSR count). The molecule has 120 valence electrons. The Labute approximate surface area is 129 Å². The molecule has 1 unspecified atom stereocenters. The van der Waals surface area contributed by atoms with Crippen LogP contribution in [-0.4, -0.2) is 37.2 Å². The van der Waals surface area contributed by atoms with Crippen molar-refractivity contribution in [1.82, 2.24) is 0 Å². The molecule has 6 heteroatoms. The van der Waals surface area contributed by atoms with E-state index >= 15 is 0 Å².